The van der Waals surface area contributed by atoms with Gasteiger partial charge in [0.15, 0.2) is 0 Å². The lowest BCUT2D eigenvalue weighted by Gasteiger charge is -2.16. The van der Waals surface area contributed by atoms with Crippen molar-refractivity contribution in [2.75, 3.05) is 5.75 Å². The van der Waals surface area contributed by atoms with Gasteiger partial charge in [-0.2, -0.15) is 0 Å². The molecular formula is C17H20N2O4S. The van der Waals surface area contributed by atoms with Crippen molar-refractivity contribution in [1.82, 2.24) is 9.55 Å². The maximum absolute atomic E-state index is 11.9. The molecule has 2 heterocycles. The number of nitrogens with one attached hydrogen (secondary N) is 1. The van der Waals surface area contributed by atoms with Crippen LogP contribution in [0.2, 0.25) is 0 Å². The normalized spacial score (nSPS) is 23.5. The summed E-state index contributed by atoms with van der Waals surface area (Å²) in [6, 6.07) is 8.16. The Hall–Kier alpha value is -1.83. The lowest BCUT2D eigenvalue weighted by Crippen LogP contribution is -2.33. The third-order valence-electron chi connectivity index (χ3n) is 4.10. The van der Waals surface area contributed by atoms with Gasteiger partial charge in [-0.1, -0.05) is 17.7 Å². The summed E-state index contributed by atoms with van der Waals surface area (Å²) in [5.41, 5.74) is 0.713. The number of aliphatic hydroxyl groups excluding tert-OH is 1. The van der Waals surface area contributed by atoms with Crippen LogP contribution in [-0.4, -0.2) is 32.6 Å². The van der Waals surface area contributed by atoms with Gasteiger partial charge in [0.2, 0.25) is 0 Å². The van der Waals surface area contributed by atoms with Crippen molar-refractivity contribution in [2.24, 2.45) is 0 Å². The summed E-state index contributed by atoms with van der Waals surface area (Å²) in [6.07, 6.45) is 0.234. The summed E-state index contributed by atoms with van der Waals surface area (Å²) >= 11 is 1.61. The van der Waals surface area contributed by atoms with Crippen molar-refractivity contribution >= 4 is 11.8 Å². The number of aryl methyl sites for hydroxylation is 2. The number of aromatic amines is 1. The molecule has 0 aliphatic carbocycles. The number of benzene rings is 1. The molecule has 3 rings (SSSR count). The van der Waals surface area contributed by atoms with Crippen LogP contribution in [0.15, 0.2) is 44.9 Å². The summed E-state index contributed by atoms with van der Waals surface area (Å²) in [7, 11) is 0. The van der Waals surface area contributed by atoms with Gasteiger partial charge in [-0.15, -0.1) is 11.8 Å². The van der Waals surface area contributed by atoms with Gasteiger partial charge in [-0.25, -0.2) is 4.79 Å². The molecule has 1 aliphatic heterocycles. The Bertz CT molecular complexity index is 828. The van der Waals surface area contributed by atoms with E-state index in [1.165, 1.54) is 16.3 Å². The summed E-state index contributed by atoms with van der Waals surface area (Å²) in [6.45, 7) is 3.66. The van der Waals surface area contributed by atoms with Gasteiger partial charge in [0.25, 0.3) is 5.56 Å². The van der Waals surface area contributed by atoms with Crippen molar-refractivity contribution in [3.63, 3.8) is 0 Å². The van der Waals surface area contributed by atoms with Gasteiger partial charge in [0, 0.05) is 28.8 Å². The number of rotatable bonds is 4. The van der Waals surface area contributed by atoms with Crippen molar-refractivity contribution < 1.29 is 9.84 Å². The maximum Gasteiger partial charge on any atom is 0.330 e. The predicted molar refractivity (Wildman–Crippen MR) is 92.5 cm³/mol. The van der Waals surface area contributed by atoms with E-state index in [0.29, 0.717) is 17.7 Å². The first-order valence-electron chi connectivity index (χ1n) is 7.79. The van der Waals surface area contributed by atoms with Gasteiger partial charge in [0.1, 0.15) is 6.23 Å². The average Bonchev–Trinajstić information content (AvgIpc) is 2.91. The van der Waals surface area contributed by atoms with E-state index in [1.54, 1.807) is 18.7 Å². The summed E-state index contributed by atoms with van der Waals surface area (Å²) in [5, 5.41) is 10.2. The molecule has 1 saturated heterocycles. The molecule has 2 aromatic rings. The summed E-state index contributed by atoms with van der Waals surface area (Å²) in [5.74, 6) is 0.595. The molecule has 0 bridgehead atoms. The van der Waals surface area contributed by atoms with Gasteiger partial charge in [0.05, 0.1) is 12.2 Å². The smallest absolute Gasteiger partial charge is 0.330 e. The van der Waals surface area contributed by atoms with E-state index in [1.807, 2.05) is 31.2 Å². The van der Waals surface area contributed by atoms with Crippen molar-refractivity contribution in [3.8, 4) is 0 Å². The molecule has 1 aromatic heterocycles. The average molecular weight is 348 g/mol. The number of H-pyrrole nitrogens is 1. The molecule has 128 valence electrons. The van der Waals surface area contributed by atoms with Gasteiger partial charge in [-0.05, 0) is 26.0 Å². The second-order valence-electron chi connectivity index (χ2n) is 6.03. The third kappa shape index (κ3) is 3.63. The molecule has 1 aliphatic rings. The highest BCUT2D eigenvalue weighted by atomic mass is 32.2. The van der Waals surface area contributed by atoms with Crippen LogP contribution in [0.1, 0.15) is 23.8 Å². The van der Waals surface area contributed by atoms with E-state index in [0.717, 1.165) is 4.90 Å². The number of ether oxygens (including phenoxy) is 1. The minimum atomic E-state index is -0.646. The fourth-order valence-electron chi connectivity index (χ4n) is 2.65. The molecule has 24 heavy (non-hydrogen) atoms. The van der Waals surface area contributed by atoms with Crippen LogP contribution >= 0.6 is 11.8 Å². The summed E-state index contributed by atoms with van der Waals surface area (Å²) < 4.78 is 7.19. The maximum atomic E-state index is 11.9. The van der Waals surface area contributed by atoms with Crippen LogP contribution in [0.5, 0.6) is 0 Å². The Balaban J connectivity index is 1.68. The number of nitrogens with zero attached hydrogens (tertiary/aromatic N) is 1. The summed E-state index contributed by atoms with van der Waals surface area (Å²) in [4.78, 5) is 26.8. The molecule has 7 heteroatoms. The highest BCUT2D eigenvalue weighted by molar-refractivity contribution is 7.99. The molecule has 0 amide bonds. The largest absolute Gasteiger partial charge is 0.390 e. The van der Waals surface area contributed by atoms with Crippen molar-refractivity contribution in [3.05, 3.63) is 62.4 Å². The van der Waals surface area contributed by atoms with E-state index in [9.17, 15) is 14.7 Å². The Morgan fingerprint density at radius 2 is 2.00 bits per heavy atom. The Morgan fingerprint density at radius 1 is 1.29 bits per heavy atom. The fraction of sp³-hybridized carbons (Fsp3) is 0.412. The zero-order valence-electron chi connectivity index (χ0n) is 13.6. The quantitative estimate of drug-likeness (QED) is 0.820. The monoisotopic (exact) mass is 348 g/mol. The minimum Gasteiger partial charge on any atom is -0.390 e. The molecule has 0 unspecified atom stereocenters. The SMILES string of the molecule is Cc1ccc(SC[C@H]2O[C@@H](n3cc(C)c(=O)[nH]c3=O)C[C@@H]2O)cc1. The van der Waals surface area contributed by atoms with Crippen LogP contribution in [-0.2, 0) is 4.74 Å². The van der Waals surface area contributed by atoms with E-state index in [2.05, 4.69) is 4.98 Å². The highest BCUT2D eigenvalue weighted by Gasteiger charge is 2.35. The third-order valence-corrected chi connectivity index (χ3v) is 5.20. The molecule has 6 nitrogen and oxygen atoms in total. The van der Waals surface area contributed by atoms with Gasteiger partial charge in [-0.3, -0.25) is 14.3 Å². The van der Waals surface area contributed by atoms with Crippen LogP contribution in [0.3, 0.4) is 0 Å². The fourth-order valence-corrected chi connectivity index (χ4v) is 3.63. The molecule has 2 N–H and O–H groups in total. The number of aliphatic hydroxyl groups is 1. The van der Waals surface area contributed by atoms with Crippen LogP contribution in [0.4, 0.5) is 0 Å². The van der Waals surface area contributed by atoms with Crippen LogP contribution in [0.25, 0.3) is 0 Å². The predicted octanol–water partition coefficient (Wildman–Crippen LogP) is 1.59. The second kappa shape index (κ2) is 6.96. The number of hydrogen-bond acceptors (Lipinski definition) is 5. The first kappa shape index (κ1) is 17.0. The second-order valence-corrected chi connectivity index (χ2v) is 7.13. The molecular weight excluding hydrogens is 328 g/mol. The zero-order valence-corrected chi connectivity index (χ0v) is 14.4. The first-order chi connectivity index (χ1) is 11.4. The highest BCUT2D eigenvalue weighted by Crippen LogP contribution is 2.31. The molecule has 0 saturated carbocycles. The van der Waals surface area contributed by atoms with Crippen molar-refractivity contribution in [2.45, 2.75) is 43.6 Å². The molecule has 3 atom stereocenters. The minimum absolute atomic E-state index is 0.324. The lowest BCUT2D eigenvalue weighted by atomic mass is 10.2. The standard InChI is InChI=1S/C17H20N2O4S/c1-10-3-5-12(6-4-10)24-9-14-13(20)7-15(23-14)19-8-11(2)16(21)18-17(19)22/h3-6,8,13-15,20H,7,9H2,1-2H3,(H,18,21,22)/t13-,14+,15+/m0/s1. The molecule has 1 fully saturated rings. The molecule has 1 aromatic carbocycles. The van der Waals surface area contributed by atoms with Crippen molar-refractivity contribution in [1.29, 1.82) is 0 Å². The van der Waals surface area contributed by atoms with Crippen LogP contribution in [0, 0.1) is 13.8 Å². The number of thioether (sulfide) groups is 1. The first-order valence-corrected chi connectivity index (χ1v) is 8.77. The van der Waals surface area contributed by atoms with E-state index >= 15 is 0 Å². The Morgan fingerprint density at radius 3 is 2.71 bits per heavy atom. The Labute approximate surface area is 143 Å². The topological polar surface area (TPSA) is 84.3 Å². The lowest BCUT2D eigenvalue weighted by molar-refractivity contribution is -0.00764. The van der Waals surface area contributed by atoms with E-state index in [4.69, 9.17) is 4.74 Å². The van der Waals surface area contributed by atoms with E-state index < -0.39 is 23.6 Å². The van der Waals surface area contributed by atoms with Gasteiger partial charge >= 0.3 is 5.69 Å². The number of aromatic nitrogens is 2. The molecule has 0 radical (unpaired) electrons. The number of hydrogen-bond donors (Lipinski definition) is 2. The van der Waals surface area contributed by atoms with Crippen LogP contribution < -0.4 is 11.2 Å². The molecule has 0 spiro atoms. The zero-order chi connectivity index (χ0) is 17.3. The van der Waals surface area contributed by atoms with Gasteiger partial charge < -0.3 is 9.84 Å². The van der Waals surface area contributed by atoms with E-state index in [-0.39, 0.29) is 6.10 Å². The Kier molecular flexibility index (Phi) is 4.93.